The first-order valence-electron chi connectivity index (χ1n) is 19.9. The molecule has 0 bridgehead atoms. The van der Waals surface area contributed by atoms with E-state index in [-0.39, 0.29) is 59.0 Å². The highest BCUT2D eigenvalue weighted by Gasteiger charge is 2.64. The van der Waals surface area contributed by atoms with Gasteiger partial charge in [-0.05, 0) is 86.3 Å². The lowest BCUT2D eigenvalue weighted by Crippen LogP contribution is -2.74. The molecule has 0 radical (unpaired) electrons. The van der Waals surface area contributed by atoms with Crippen molar-refractivity contribution in [2.75, 3.05) is 31.1 Å². The lowest BCUT2D eigenvalue weighted by molar-refractivity contribution is -0.164. The second-order valence-electron chi connectivity index (χ2n) is 17.5. The number of benzene rings is 3. The van der Waals surface area contributed by atoms with Gasteiger partial charge in [0.05, 0.1) is 27.8 Å². The Morgan fingerprint density at radius 1 is 0.879 bits per heavy atom. The second kappa shape index (κ2) is 15.1. The molecular weight excluding hydrogens is 760 g/mol. The summed E-state index contributed by atoms with van der Waals surface area (Å²) in [5, 5.41) is 18.6. The maximum atomic E-state index is 13.4. The monoisotopic (exact) mass is 806 g/mol. The number of nitriles is 1. The molecule has 13 nitrogen and oxygen atoms in total. The van der Waals surface area contributed by atoms with Gasteiger partial charge in [0.1, 0.15) is 29.7 Å². The average molecular weight is 807 g/mol. The van der Waals surface area contributed by atoms with E-state index >= 15 is 0 Å². The van der Waals surface area contributed by atoms with Gasteiger partial charge in [-0.3, -0.25) is 34.2 Å². The number of hydrogen-bond acceptors (Lipinski definition) is 10. The second-order valence-corrected chi connectivity index (χ2v) is 17.9. The minimum atomic E-state index is -0.996. The Kier molecular flexibility index (Phi) is 10.2. The van der Waals surface area contributed by atoms with E-state index in [4.69, 9.17) is 21.1 Å². The summed E-state index contributed by atoms with van der Waals surface area (Å²) in [6, 6.07) is 18.6. The molecule has 58 heavy (non-hydrogen) atoms. The third kappa shape index (κ3) is 7.17. The van der Waals surface area contributed by atoms with Crippen molar-refractivity contribution in [2.45, 2.75) is 77.7 Å². The van der Waals surface area contributed by atoms with Gasteiger partial charge in [0.25, 0.3) is 17.7 Å². The molecule has 4 fully saturated rings. The minimum absolute atomic E-state index is 0.0188. The van der Waals surface area contributed by atoms with Crippen LogP contribution in [0.2, 0.25) is 5.02 Å². The van der Waals surface area contributed by atoms with Crippen molar-refractivity contribution >= 4 is 46.8 Å². The minimum Gasteiger partial charge on any atom is -0.490 e. The van der Waals surface area contributed by atoms with Crippen molar-refractivity contribution in [3.8, 4) is 17.6 Å². The molecule has 0 spiro atoms. The smallest absolute Gasteiger partial charge is 0.262 e. The van der Waals surface area contributed by atoms with Gasteiger partial charge < -0.3 is 25.0 Å². The van der Waals surface area contributed by atoms with Crippen LogP contribution in [0.25, 0.3) is 0 Å². The molecule has 302 valence electrons. The Bertz CT molecular complexity index is 2210. The standard InChI is InChI=1S/C44H47ClN6O7/c1-43(2)41(44(3,4)42(43)58-30-10-7-27(19-46)34(45)18-30)49-37(53)26-5-8-28(9-6-26)50-22-25(23-50)21-47-20-24-15-31(16-24)57-29-11-12-32-33(17-29)40(56)51(39(32)55)35-13-14-36(52)48-38(35)54/h5-12,17-18,24-25,31,35,41-42,47H,13-16,20-23H2,1-4H3,(H,49,53)(H,48,52,54). The third-order valence-electron chi connectivity index (χ3n) is 12.7. The van der Waals surface area contributed by atoms with Crippen LogP contribution in [0.3, 0.4) is 0 Å². The van der Waals surface area contributed by atoms with Crippen molar-refractivity contribution in [2.24, 2.45) is 22.7 Å². The fraction of sp³-hybridized carbons (Fsp3) is 0.455. The number of anilines is 1. The lowest BCUT2D eigenvalue weighted by atomic mass is 9.49. The first-order valence-corrected chi connectivity index (χ1v) is 20.3. The van der Waals surface area contributed by atoms with E-state index < -0.39 is 29.7 Å². The van der Waals surface area contributed by atoms with Crippen molar-refractivity contribution in [3.05, 3.63) is 87.9 Å². The largest absolute Gasteiger partial charge is 0.490 e. The van der Waals surface area contributed by atoms with Gasteiger partial charge >= 0.3 is 0 Å². The summed E-state index contributed by atoms with van der Waals surface area (Å²) >= 11 is 6.24. The summed E-state index contributed by atoms with van der Waals surface area (Å²) in [6.07, 6.45) is 1.79. The van der Waals surface area contributed by atoms with Crippen LogP contribution in [0.1, 0.15) is 90.0 Å². The SMILES string of the molecule is CC1(C)C(NC(=O)c2ccc(N3CC(CNCC4CC(Oc5ccc6c(c5)C(=O)N(C5CCC(=O)NC5=O)C6=O)C4)C3)cc2)C(C)(C)C1Oc1ccc(C#N)c(Cl)c1. The van der Waals surface area contributed by atoms with Gasteiger partial charge in [-0.1, -0.05) is 39.3 Å². The van der Waals surface area contributed by atoms with E-state index in [0.29, 0.717) is 39.5 Å². The number of carbonyl (C=O) groups excluding carboxylic acids is 5. The Morgan fingerprint density at radius 2 is 1.53 bits per heavy atom. The Labute approximate surface area is 342 Å². The molecule has 2 saturated heterocycles. The van der Waals surface area contributed by atoms with Crippen molar-refractivity contribution in [3.63, 3.8) is 0 Å². The quantitative estimate of drug-likeness (QED) is 0.209. The number of hydrogen-bond donors (Lipinski definition) is 3. The molecule has 3 aromatic rings. The number of amides is 5. The van der Waals surface area contributed by atoms with Crippen LogP contribution in [-0.2, 0) is 9.59 Å². The van der Waals surface area contributed by atoms with Crippen molar-refractivity contribution < 1.29 is 33.4 Å². The number of halogens is 1. The molecular formula is C44H47ClN6O7. The zero-order chi connectivity index (χ0) is 41.1. The van der Waals surface area contributed by atoms with Gasteiger partial charge in [0, 0.05) is 66.2 Å². The number of piperidine rings is 1. The summed E-state index contributed by atoms with van der Waals surface area (Å²) in [5.41, 5.74) is 1.84. The van der Waals surface area contributed by atoms with Crippen LogP contribution >= 0.6 is 11.6 Å². The zero-order valence-corrected chi connectivity index (χ0v) is 33.7. The van der Waals surface area contributed by atoms with Gasteiger partial charge in [0.15, 0.2) is 0 Å². The summed E-state index contributed by atoms with van der Waals surface area (Å²) in [7, 11) is 0. The number of imide groups is 2. The molecule has 5 aliphatic rings. The van der Waals surface area contributed by atoms with E-state index in [1.807, 2.05) is 24.3 Å². The number of nitrogens with one attached hydrogen (secondary N) is 3. The highest BCUT2D eigenvalue weighted by Crippen LogP contribution is 2.55. The van der Waals surface area contributed by atoms with E-state index in [1.54, 1.807) is 36.4 Å². The maximum Gasteiger partial charge on any atom is 0.262 e. The van der Waals surface area contributed by atoms with Crippen molar-refractivity contribution in [1.29, 1.82) is 5.26 Å². The first-order chi connectivity index (χ1) is 27.6. The normalized spacial score (nSPS) is 25.8. The maximum absolute atomic E-state index is 13.4. The fourth-order valence-electron chi connectivity index (χ4n) is 9.69. The van der Waals surface area contributed by atoms with Crippen molar-refractivity contribution in [1.82, 2.24) is 20.9 Å². The lowest BCUT2D eigenvalue weighted by Gasteiger charge is -2.63. The highest BCUT2D eigenvalue weighted by atomic mass is 35.5. The first kappa shape index (κ1) is 39.4. The fourth-order valence-corrected chi connectivity index (χ4v) is 9.90. The molecule has 3 aliphatic heterocycles. The molecule has 14 heteroatoms. The Morgan fingerprint density at radius 3 is 2.21 bits per heavy atom. The molecule has 1 atom stereocenters. The van der Waals surface area contributed by atoms with Gasteiger partial charge in [-0.15, -0.1) is 0 Å². The van der Waals surface area contributed by atoms with E-state index in [1.165, 1.54) is 0 Å². The molecule has 2 saturated carbocycles. The third-order valence-corrected chi connectivity index (χ3v) is 13.0. The molecule has 3 heterocycles. The highest BCUT2D eigenvalue weighted by molar-refractivity contribution is 6.31. The van der Waals surface area contributed by atoms with E-state index in [2.05, 4.69) is 54.6 Å². The predicted molar refractivity (Wildman–Crippen MR) is 215 cm³/mol. The molecule has 8 rings (SSSR count). The summed E-state index contributed by atoms with van der Waals surface area (Å²) in [5.74, 6) is -0.111. The number of carbonyl (C=O) groups is 5. The van der Waals surface area contributed by atoms with Gasteiger partial charge in [0.2, 0.25) is 11.8 Å². The number of ether oxygens (including phenoxy) is 2. The van der Waals surface area contributed by atoms with Crippen LogP contribution in [0, 0.1) is 34.0 Å². The molecule has 0 aromatic heterocycles. The predicted octanol–water partition coefficient (Wildman–Crippen LogP) is 5.11. The zero-order valence-electron chi connectivity index (χ0n) is 33.0. The van der Waals surface area contributed by atoms with Gasteiger partial charge in [-0.2, -0.15) is 5.26 Å². The molecule has 1 unspecified atom stereocenters. The number of nitrogens with zero attached hydrogens (tertiary/aromatic N) is 3. The Balaban J connectivity index is 0.739. The van der Waals surface area contributed by atoms with E-state index in [9.17, 15) is 29.2 Å². The van der Waals surface area contributed by atoms with Crippen LogP contribution < -0.4 is 30.3 Å². The molecule has 5 amide bonds. The molecule has 3 N–H and O–H groups in total. The Hall–Kier alpha value is -5.45. The molecule has 3 aromatic carbocycles. The number of rotatable bonds is 12. The summed E-state index contributed by atoms with van der Waals surface area (Å²) < 4.78 is 12.5. The molecule has 2 aliphatic carbocycles. The topological polar surface area (TPSA) is 170 Å². The van der Waals surface area contributed by atoms with E-state index in [0.717, 1.165) is 49.6 Å². The van der Waals surface area contributed by atoms with Crippen LogP contribution in [0.4, 0.5) is 5.69 Å². The van der Waals surface area contributed by atoms with Crippen LogP contribution in [-0.4, -0.2) is 84.9 Å². The van der Waals surface area contributed by atoms with Crippen LogP contribution in [0.5, 0.6) is 11.5 Å². The average Bonchev–Trinajstić information content (AvgIpc) is 3.40. The van der Waals surface area contributed by atoms with Gasteiger partial charge in [-0.25, -0.2) is 0 Å². The number of fused-ring (bicyclic) bond motifs is 1. The van der Waals surface area contributed by atoms with Crippen LogP contribution in [0.15, 0.2) is 60.7 Å². The summed E-state index contributed by atoms with van der Waals surface area (Å²) in [6.45, 7) is 12.0. The summed E-state index contributed by atoms with van der Waals surface area (Å²) in [4.78, 5) is 66.7.